The summed E-state index contributed by atoms with van der Waals surface area (Å²) < 4.78 is 7.00. The van der Waals surface area contributed by atoms with Crippen molar-refractivity contribution in [2.24, 2.45) is 11.8 Å². The minimum Gasteiger partial charge on any atom is -0.349 e. The molecule has 2 heterocycles. The number of hydrogen-bond donors (Lipinski definition) is 0. The van der Waals surface area contributed by atoms with Crippen molar-refractivity contribution in [1.29, 1.82) is 0 Å². The molecule has 3 aromatic carbocycles. The Hall–Kier alpha value is -2.84. The smallest absolute Gasteiger partial charge is 0.241 e. The summed E-state index contributed by atoms with van der Waals surface area (Å²) in [4.78, 5) is 56.2. The molecule has 3 atom stereocenters. The molecule has 0 saturated carbocycles. The maximum atomic E-state index is 13.9. The lowest BCUT2D eigenvalue weighted by Gasteiger charge is -2.27. The van der Waals surface area contributed by atoms with Crippen LogP contribution in [0.2, 0.25) is 10.0 Å². The number of amides is 2. The number of ketones is 2. The molecular weight excluding hydrogens is 557 g/mol. The molecule has 0 aromatic heterocycles. The first-order chi connectivity index (χ1) is 16.8. The van der Waals surface area contributed by atoms with Gasteiger partial charge in [-0.2, -0.15) is 0 Å². The Kier molecular flexibility index (Phi) is 5.06. The second-order valence-corrected chi connectivity index (χ2v) is 10.4. The Morgan fingerprint density at radius 3 is 2.06 bits per heavy atom. The third-order valence-electron chi connectivity index (χ3n) is 6.87. The van der Waals surface area contributed by atoms with Gasteiger partial charge in [0.2, 0.25) is 29.0 Å². The topological polar surface area (TPSA) is 80.8 Å². The van der Waals surface area contributed by atoms with Crippen molar-refractivity contribution in [2.75, 3.05) is 4.90 Å². The van der Waals surface area contributed by atoms with Crippen molar-refractivity contribution in [3.8, 4) is 0 Å². The SMILES string of the molecule is O=C1C2C(c3ccc(Cl)cc3Cl)OC3(C(=O)c4ccccc4C3=O)C2C(=O)N1c1ccc(Br)cc1. The maximum Gasteiger partial charge on any atom is 0.241 e. The van der Waals surface area contributed by atoms with Crippen LogP contribution in [0.3, 0.4) is 0 Å². The number of hydrogen-bond acceptors (Lipinski definition) is 5. The number of fused-ring (bicyclic) bond motifs is 3. The van der Waals surface area contributed by atoms with E-state index in [1.165, 1.54) is 18.2 Å². The first-order valence-electron chi connectivity index (χ1n) is 10.7. The van der Waals surface area contributed by atoms with E-state index in [1.54, 1.807) is 48.5 Å². The van der Waals surface area contributed by atoms with E-state index in [1.807, 2.05) is 0 Å². The quantitative estimate of drug-likeness (QED) is 0.302. The summed E-state index contributed by atoms with van der Waals surface area (Å²) in [5, 5.41) is 0.574. The van der Waals surface area contributed by atoms with E-state index >= 15 is 0 Å². The third kappa shape index (κ3) is 2.99. The Bertz CT molecular complexity index is 1440. The highest BCUT2D eigenvalue weighted by Gasteiger charge is 2.74. The van der Waals surface area contributed by atoms with Gasteiger partial charge < -0.3 is 4.74 Å². The standard InChI is InChI=1S/C26H14BrCl2NO5/c27-12-5-8-14(9-6-12)30-24(33)19-20(25(30)34)26(22(31)15-3-1-2-4-16(15)23(26)32)35-21(19)17-10-7-13(28)11-18(17)29/h1-11,19-21H. The lowest BCUT2D eigenvalue weighted by Crippen LogP contribution is -2.51. The summed E-state index contributed by atoms with van der Waals surface area (Å²) in [6, 6.07) is 17.6. The number of carbonyl (C=O) groups excluding carboxylic acids is 4. The maximum absolute atomic E-state index is 13.9. The van der Waals surface area contributed by atoms with Crippen LogP contribution in [0, 0.1) is 11.8 Å². The lowest BCUT2D eigenvalue weighted by molar-refractivity contribution is -0.127. The van der Waals surface area contributed by atoms with Crippen molar-refractivity contribution in [3.05, 3.63) is 97.9 Å². The number of anilines is 1. The Morgan fingerprint density at radius 1 is 0.829 bits per heavy atom. The number of Topliss-reactive ketones (excluding diaryl/α,β-unsaturated/α-hetero) is 2. The van der Waals surface area contributed by atoms with Crippen LogP contribution in [0.1, 0.15) is 32.4 Å². The summed E-state index contributed by atoms with van der Waals surface area (Å²) in [6.45, 7) is 0. The number of carbonyl (C=O) groups is 4. The van der Waals surface area contributed by atoms with Crippen molar-refractivity contribution < 1.29 is 23.9 Å². The molecule has 0 bridgehead atoms. The number of imide groups is 1. The van der Waals surface area contributed by atoms with Crippen LogP contribution in [-0.4, -0.2) is 29.0 Å². The molecule has 0 radical (unpaired) electrons. The zero-order valence-electron chi connectivity index (χ0n) is 17.7. The van der Waals surface area contributed by atoms with Crippen molar-refractivity contribution >= 4 is 68.2 Å². The fourth-order valence-corrected chi connectivity index (χ4v) is 6.16. The van der Waals surface area contributed by atoms with Gasteiger partial charge in [0.25, 0.3) is 0 Å². The Morgan fingerprint density at radius 2 is 1.46 bits per heavy atom. The number of nitrogens with zero attached hydrogens (tertiary/aromatic N) is 1. The van der Waals surface area contributed by atoms with E-state index in [4.69, 9.17) is 27.9 Å². The van der Waals surface area contributed by atoms with Crippen LogP contribution in [0.5, 0.6) is 0 Å². The first-order valence-corrected chi connectivity index (χ1v) is 12.3. The van der Waals surface area contributed by atoms with Gasteiger partial charge in [-0.25, -0.2) is 4.90 Å². The summed E-state index contributed by atoms with van der Waals surface area (Å²) in [7, 11) is 0. The molecular formula is C26H14BrCl2NO5. The molecule has 35 heavy (non-hydrogen) atoms. The molecule has 6 nitrogen and oxygen atoms in total. The Labute approximate surface area is 217 Å². The molecule has 3 unspecified atom stereocenters. The lowest BCUT2D eigenvalue weighted by atomic mass is 9.77. The van der Waals surface area contributed by atoms with Gasteiger partial charge in [0, 0.05) is 31.2 Å². The summed E-state index contributed by atoms with van der Waals surface area (Å²) in [6.07, 6.45) is -1.11. The van der Waals surface area contributed by atoms with Gasteiger partial charge in [0.05, 0.1) is 23.6 Å². The summed E-state index contributed by atoms with van der Waals surface area (Å²) >= 11 is 15.9. The molecule has 2 saturated heterocycles. The van der Waals surface area contributed by atoms with Crippen LogP contribution in [0.15, 0.2) is 71.2 Å². The average Bonchev–Trinajstić information content (AvgIpc) is 3.40. The fraction of sp³-hybridized carbons (Fsp3) is 0.154. The molecule has 0 N–H and O–H groups in total. The largest absolute Gasteiger partial charge is 0.349 e. The minimum atomic E-state index is -2.15. The zero-order valence-corrected chi connectivity index (χ0v) is 20.8. The summed E-state index contributed by atoms with van der Waals surface area (Å²) in [5.74, 6) is -4.95. The molecule has 174 valence electrons. The minimum absolute atomic E-state index is 0.168. The number of benzene rings is 3. The van der Waals surface area contributed by atoms with Crippen LogP contribution >= 0.6 is 39.1 Å². The molecule has 9 heteroatoms. The first kappa shape index (κ1) is 22.6. The molecule has 2 fully saturated rings. The average molecular weight is 571 g/mol. The number of ether oxygens (including phenoxy) is 1. The number of rotatable bonds is 2. The van der Waals surface area contributed by atoms with E-state index in [-0.39, 0.29) is 16.1 Å². The monoisotopic (exact) mass is 569 g/mol. The Balaban J connectivity index is 1.56. The fourth-order valence-electron chi connectivity index (χ4n) is 5.38. The van der Waals surface area contributed by atoms with Crippen molar-refractivity contribution in [1.82, 2.24) is 0 Å². The van der Waals surface area contributed by atoms with E-state index in [0.717, 1.165) is 9.37 Å². The molecule has 2 amide bonds. The molecule has 2 aliphatic heterocycles. The van der Waals surface area contributed by atoms with Gasteiger partial charge in [-0.15, -0.1) is 0 Å². The number of halogens is 3. The molecule has 6 rings (SSSR count). The highest BCUT2D eigenvalue weighted by molar-refractivity contribution is 9.10. The molecule has 3 aliphatic rings. The van der Waals surface area contributed by atoms with Gasteiger partial charge in [-0.05, 0) is 36.4 Å². The predicted octanol–water partition coefficient (Wildman–Crippen LogP) is 5.45. The highest BCUT2D eigenvalue weighted by Crippen LogP contribution is 2.58. The zero-order chi connectivity index (χ0) is 24.6. The normalized spacial score (nSPS) is 24.4. The summed E-state index contributed by atoms with van der Waals surface area (Å²) in [5.41, 5.74) is -1.11. The van der Waals surface area contributed by atoms with E-state index in [2.05, 4.69) is 15.9 Å². The third-order valence-corrected chi connectivity index (χ3v) is 7.96. The van der Waals surface area contributed by atoms with Crippen LogP contribution < -0.4 is 4.90 Å². The van der Waals surface area contributed by atoms with Gasteiger partial charge in [-0.1, -0.05) is 69.5 Å². The molecule has 1 spiro atoms. The van der Waals surface area contributed by atoms with Crippen molar-refractivity contribution in [3.63, 3.8) is 0 Å². The van der Waals surface area contributed by atoms with Gasteiger partial charge in [-0.3, -0.25) is 19.2 Å². The van der Waals surface area contributed by atoms with E-state index in [0.29, 0.717) is 16.3 Å². The van der Waals surface area contributed by atoms with Gasteiger partial charge in [0.15, 0.2) is 0 Å². The molecule has 1 aliphatic carbocycles. The molecule has 3 aromatic rings. The second kappa shape index (κ2) is 7.83. The van der Waals surface area contributed by atoms with Crippen molar-refractivity contribution in [2.45, 2.75) is 11.7 Å². The second-order valence-electron chi connectivity index (χ2n) is 8.64. The van der Waals surface area contributed by atoms with Crippen LogP contribution in [0.4, 0.5) is 5.69 Å². The van der Waals surface area contributed by atoms with Gasteiger partial charge in [0.1, 0.15) is 0 Å². The van der Waals surface area contributed by atoms with Gasteiger partial charge >= 0.3 is 0 Å². The predicted molar refractivity (Wildman–Crippen MR) is 132 cm³/mol. The van der Waals surface area contributed by atoms with E-state index < -0.39 is 46.9 Å². The van der Waals surface area contributed by atoms with Crippen LogP contribution in [0.25, 0.3) is 0 Å². The van der Waals surface area contributed by atoms with Crippen LogP contribution in [-0.2, 0) is 14.3 Å². The van der Waals surface area contributed by atoms with E-state index in [9.17, 15) is 19.2 Å². The highest BCUT2D eigenvalue weighted by atomic mass is 79.9.